The van der Waals surface area contributed by atoms with Crippen LogP contribution in [0.3, 0.4) is 0 Å². The van der Waals surface area contributed by atoms with Gasteiger partial charge in [-0.2, -0.15) is 0 Å². The average Bonchev–Trinajstić information content (AvgIpc) is 2.42. The fourth-order valence-corrected chi connectivity index (χ4v) is 2.11. The number of halogens is 2. The van der Waals surface area contributed by atoms with Crippen LogP contribution in [0, 0.1) is 5.82 Å². The number of methoxy groups -OCH3 is 1. The number of benzene rings is 1. The number of nitrogens with one attached hydrogen (secondary N) is 1. The largest absolute Gasteiger partial charge is 0.378 e. The number of hydrogen-bond acceptors (Lipinski definition) is 4. The van der Waals surface area contributed by atoms with E-state index < -0.39 is 0 Å². The van der Waals surface area contributed by atoms with Crippen LogP contribution in [-0.2, 0) is 11.3 Å². The number of hydrogen-bond donors (Lipinski definition) is 1. The van der Waals surface area contributed by atoms with Crippen LogP contribution in [0.2, 0.25) is 0 Å². The Balaban J connectivity index is 2.51. The van der Waals surface area contributed by atoms with Crippen LogP contribution < -0.4 is 5.32 Å². The summed E-state index contributed by atoms with van der Waals surface area (Å²) in [6.45, 7) is 0.367. The zero-order valence-electron chi connectivity index (χ0n) is 10.6. The van der Waals surface area contributed by atoms with Crippen molar-refractivity contribution in [2.75, 3.05) is 19.5 Å². The second-order valence-corrected chi connectivity index (χ2v) is 4.64. The first-order chi connectivity index (χ1) is 9.15. The Morgan fingerprint density at radius 2 is 1.95 bits per heavy atom. The highest BCUT2D eigenvalue weighted by Crippen LogP contribution is 2.27. The first kappa shape index (κ1) is 13.9. The summed E-state index contributed by atoms with van der Waals surface area (Å²) in [7, 11) is 3.38. The lowest BCUT2D eigenvalue weighted by atomic mass is 10.2. The molecule has 0 saturated carbocycles. The van der Waals surface area contributed by atoms with E-state index in [1.54, 1.807) is 26.3 Å². The third-order valence-electron chi connectivity index (χ3n) is 2.54. The van der Waals surface area contributed by atoms with E-state index in [0.29, 0.717) is 18.2 Å². The van der Waals surface area contributed by atoms with E-state index in [1.807, 2.05) is 0 Å². The fourth-order valence-electron chi connectivity index (χ4n) is 1.62. The minimum absolute atomic E-state index is 0.285. The standard InChI is InChI=1S/C13H13BrFN3O/c1-16-13-11(14)10(7-19-2)17-12(18-13)8-3-5-9(15)6-4-8/h3-6H,7H2,1-2H3,(H,16,17,18). The molecule has 1 N–H and O–H groups in total. The molecule has 19 heavy (non-hydrogen) atoms. The highest BCUT2D eigenvalue weighted by Gasteiger charge is 2.12. The zero-order valence-corrected chi connectivity index (χ0v) is 12.2. The first-order valence-electron chi connectivity index (χ1n) is 5.64. The van der Waals surface area contributed by atoms with Crippen LogP contribution in [0.5, 0.6) is 0 Å². The summed E-state index contributed by atoms with van der Waals surface area (Å²) >= 11 is 3.43. The molecule has 0 aliphatic carbocycles. The van der Waals surface area contributed by atoms with Gasteiger partial charge < -0.3 is 10.1 Å². The minimum atomic E-state index is -0.285. The summed E-state index contributed by atoms with van der Waals surface area (Å²) in [5.74, 6) is 0.910. The summed E-state index contributed by atoms with van der Waals surface area (Å²) in [6, 6.07) is 6.06. The Labute approximate surface area is 119 Å². The van der Waals surface area contributed by atoms with Crippen LogP contribution in [0.1, 0.15) is 5.69 Å². The normalized spacial score (nSPS) is 10.5. The predicted octanol–water partition coefficient (Wildman–Crippen LogP) is 3.23. The molecular formula is C13H13BrFN3O. The van der Waals surface area contributed by atoms with Crippen molar-refractivity contribution < 1.29 is 9.13 Å². The third-order valence-corrected chi connectivity index (χ3v) is 3.37. The van der Waals surface area contributed by atoms with E-state index in [9.17, 15) is 4.39 Å². The second kappa shape index (κ2) is 6.08. The molecule has 0 radical (unpaired) electrons. The second-order valence-electron chi connectivity index (χ2n) is 3.85. The number of rotatable bonds is 4. The van der Waals surface area contributed by atoms with Gasteiger partial charge in [-0.05, 0) is 40.2 Å². The van der Waals surface area contributed by atoms with Gasteiger partial charge in [0.05, 0.1) is 16.8 Å². The SMILES string of the molecule is CNc1nc(-c2ccc(F)cc2)nc(COC)c1Br. The molecular weight excluding hydrogens is 313 g/mol. The Bertz CT molecular complexity index is 575. The van der Waals surface area contributed by atoms with Crippen molar-refractivity contribution in [3.05, 3.63) is 40.2 Å². The first-order valence-corrected chi connectivity index (χ1v) is 6.44. The number of anilines is 1. The van der Waals surface area contributed by atoms with Crippen LogP contribution >= 0.6 is 15.9 Å². The molecule has 4 nitrogen and oxygen atoms in total. The maximum absolute atomic E-state index is 12.9. The molecule has 0 atom stereocenters. The van der Waals surface area contributed by atoms with Crippen molar-refractivity contribution in [2.45, 2.75) is 6.61 Å². The van der Waals surface area contributed by atoms with Gasteiger partial charge in [0.15, 0.2) is 5.82 Å². The molecule has 0 bridgehead atoms. The topological polar surface area (TPSA) is 47.0 Å². The summed E-state index contributed by atoms with van der Waals surface area (Å²) in [6.07, 6.45) is 0. The summed E-state index contributed by atoms with van der Waals surface area (Å²) in [5, 5.41) is 2.99. The highest BCUT2D eigenvalue weighted by molar-refractivity contribution is 9.10. The lowest BCUT2D eigenvalue weighted by Gasteiger charge is -2.10. The summed E-state index contributed by atoms with van der Waals surface area (Å²) in [4.78, 5) is 8.81. The molecule has 1 heterocycles. The Morgan fingerprint density at radius 3 is 2.53 bits per heavy atom. The maximum atomic E-state index is 12.9. The molecule has 0 spiro atoms. The van der Waals surface area contributed by atoms with Gasteiger partial charge in [0, 0.05) is 19.7 Å². The number of ether oxygens (including phenoxy) is 1. The molecule has 6 heteroatoms. The lowest BCUT2D eigenvalue weighted by molar-refractivity contribution is 0.181. The van der Waals surface area contributed by atoms with Gasteiger partial charge >= 0.3 is 0 Å². The predicted molar refractivity (Wildman–Crippen MR) is 75.4 cm³/mol. The molecule has 0 aliphatic rings. The van der Waals surface area contributed by atoms with Crippen molar-refractivity contribution in [2.24, 2.45) is 0 Å². The molecule has 1 aromatic carbocycles. The average molecular weight is 326 g/mol. The van der Waals surface area contributed by atoms with E-state index in [1.165, 1.54) is 12.1 Å². The van der Waals surface area contributed by atoms with E-state index in [4.69, 9.17) is 4.74 Å². The third kappa shape index (κ3) is 3.08. The molecule has 0 aliphatic heterocycles. The molecule has 1 aromatic heterocycles. The van der Waals surface area contributed by atoms with Crippen LogP contribution in [0.25, 0.3) is 11.4 Å². The highest BCUT2D eigenvalue weighted by atomic mass is 79.9. The Morgan fingerprint density at radius 1 is 1.26 bits per heavy atom. The molecule has 0 saturated heterocycles. The molecule has 100 valence electrons. The fraction of sp³-hybridized carbons (Fsp3) is 0.231. The van der Waals surface area contributed by atoms with Gasteiger partial charge in [-0.3, -0.25) is 0 Å². The molecule has 0 fully saturated rings. The van der Waals surface area contributed by atoms with Gasteiger partial charge in [-0.15, -0.1) is 0 Å². The van der Waals surface area contributed by atoms with Gasteiger partial charge in [0.1, 0.15) is 11.6 Å². The van der Waals surface area contributed by atoms with Crippen molar-refractivity contribution in [3.8, 4) is 11.4 Å². The summed E-state index contributed by atoms with van der Waals surface area (Å²) in [5.41, 5.74) is 1.49. The van der Waals surface area contributed by atoms with Gasteiger partial charge in [-0.25, -0.2) is 14.4 Å². The number of aromatic nitrogens is 2. The zero-order chi connectivity index (χ0) is 13.8. The molecule has 0 unspecified atom stereocenters. The van der Waals surface area contributed by atoms with Gasteiger partial charge in [-0.1, -0.05) is 0 Å². The van der Waals surface area contributed by atoms with Gasteiger partial charge in [0.25, 0.3) is 0 Å². The number of nitrogens with zero attached hydrogens (tertiary/aromatic N) is 2. The smallest absolute Gasteiger partial charge is 0.161 e. The molecule has 0 amide bonds. The van der Waals surface area contributed by atoms with Gasteiger partial charge in [0.2, 0.25) is 0 Å². The Kier molecular flexibility index (Phi) is 4.44. The van der Waals surface area contributed by atoms with Crippen molar-refractivity contribution in [1.29, 1.82) is 0 Å². The monoisotopic (exact) mass is 325 g/mol. The van der Waals surface area contributed by atoms with E-state index in [2.05, 4.69) is 31.2 Å². The van der Waals surface area contributed by atoms with Crippen LogP contribution in [-0.4, -0.2) is 24.1 Å². The van der Waals surface area contributed by atoms with E-state index in [0.717, 1.165) is 15.7 Å². The van der Waals surface area contributed by atoms with Crippen molar-refractivity contribution >= 4 is 21.7 Å². The van der Waals surface area contributed by atoms with E-state index in [-0.39, 0.29) is 5.82 Å². The summed E-state index contributed by atoms with van der Waals surface area (Å²) < 4.78 is 18.8. The molecule has 2 aromatic rings. The lowest BCUT2D eigenvalue weighted by Crippen LogP contribution is -2.04. The molecule has 2 rings (SSSR count). The van der Waals surface area contributed by atoms with Crippen molar-refractivity contribution in [3.63, 3.8) is 0 Å². The van der Waals surface area contributed by atoms with E-state index >= 15 is 0 Å². The quantitative estimate of drug-likeness (QED) is 0.937. The van der Waals surface area contributed by atoms with Crippen molar-refractivity contribution in [1.82, 2.24) is 9.97 Å². The maximum Gasteiger partial charge on any atom is 0.161 e. The van der Waals surface area contributed by atoms with Crippen LogP contribution in [0.15, 0.2) is 28.7 Å². The van der Waals surface area contributed by atoms with Crippen LogP contribution in [0.4, 0.5) is 10.2 Å². The Hall–Kier alpha value is -1.53. The minimum Gasteiger partial charge on any atom is -0.378 e.